The lowest BCUT2D eigenvalue weighted by atomic mass is 10.1. The SMILES string of the molecule is CCCC(N)=CC(=Nc1cc(CC)ccc1F)C1CC1. The molecular weight excluding hydrogens is 251 g/mol. The monoisotopic (exact) mass is 274 g/mol. The number of nitrogens with two attached hydrogens (primary N) is 1. The van der Waals surface area contributed by atoms with E-state index >= 15 is 0 Å². The molecule has 20 heavy (non-hydrogen) atoms. The van der Waals surface area contributed by atoms with Crippen molar-refractivity contribution in [2.24, 2.45) is 16.6 Å². The van der Waals surface area contributed by atoms with E-state index in [9.17, 15) is 4.39 Å². The summed E-state index contributed by atoms with van der Waals surface area (Å²) in [6.45, 7) is 4.15. The Balaban J connectivity index is 2.31. The fourth-order valence-electron chi connectivity index (χ4n) is 2.17. The molecule has 0 aliphatic heterocycles. The first-order chi connectivity index (χ1) is 9.63. The van der Waals surface area contributed by atoms with Crippen LogP contribution in [0.4, 0.5) is 10.1 Å². The van der Waals surface area contributed by atoms with Crippen molar-refractivity contribution in [2.45, 2.75) is 46.0 Å². The van der Waals surface area contributed by atoms with Crippen molar-refractivity contribution in [3.8, 4) is 0 Å². The fraction of sp³-hybridized carbons (Fsp3) is 0.471. The van der Waals surface area contributed by atoms with Gasteiger partial charge in [0.1, 0.15) is 5.82 Å². The average molecular weight is 274 g/mol. The summed E-state index contributed by atoms with van der Waals surface area (Å²) in [6.07, 6.45) is 6.96. The fourth-order valence-corrected chi connectivity index (χ4v) is 2.17. The Labute approximate surface area is 120 Å². The lowest BCUT2D eigenvalue weighted by molar-refractivity contribution is 0.629. The maximum absolute atomic E-state index is 13.9. The first kappa shape index (κ1) is 14.8. The van der Waals surface area contributed by atoms with E-state index in [-0.39, 0.29) is 5.82 Å². The molecule has 2 N–H and O–H groups in total. The Morgan fingerprint density at radius 2 is 2.15 bits per heavy atom. The predicted octanol–water partition coefficient (Wildman–Crippen LogP) is 4.51. The minimum absolute atomic E-state index is 0.261. The van der Waals surface area contributed by atoms with Crippen LogP contribution in [0.15, 0.2) is 35.0 Å². The Kier molecular flexibility index (Phi) is 4.94. The van der Waals surface area contributed by atoms with Crippen LogP contribution in [0, 0.1) is 11.7 Å². The largest absolute Gasteiger partial charge is 0.402 e. The molecule has 1 aromatic carbocycles. The summed E-state index contributed by atoms with van der Waals surface area (Å²) in [5.74, 6) is 0.193. The van der Waals surface area contributed by atoms with Crippen LogP contribution in [0.5, 0.6) is 0 Å². The number of rotatable bonds is 6. The summed E-state index contributed by atoms with van der Waals surface area (Å²) in [6, 6.07) is 5.15. The number of nitrogens with zero attached hydrogens (tertiary/aromatic N) is 1. The van der Waals surface area contributed by atoms with Gasteiger partial charge in [-0.3, -0.25) is 4.99 Å². The number of hydrogen-bond acceptors (Lipinski definition) is 2. The number of aliphatic imine (C=N–C) groups is 1. The van der Waals surface area contributed by atoms with Crippen LogP contribution in [-0.2, 0) is 6.42 Å². The van der Waals surface area contributed by atoms with Gasteiger partial charge in [0.15, 0.2) is 0 Å². The molecule has 0 aromatic heterocycles. The third-order valence-corrected chi connectivity index (χ3v) is 3.54. The number of benzene rings is 1. The Morgan fingerprint density at radius 1 is 1.40 bits per heavy atom. The summed E-state index contributed by atoms with van der Waals surface area (Å²) < 4.78 is 13.9. The third-order valence-electron chi connectivity index (χ3n) is 3.54. The van der Waals surface area contributed by atoms with Crippen molar-refractivity contribution in [1.29, 1.82) is 0 Å². The standard InChI is InChI=1S/C17H23FN2/c1-3-5-14(19)11-16(13-7-8-13)20-17-10-12(4-2)6-9-15(17)18/h6,9-11,13H,3-5,7-8,19H2,1-2H3. The molecule has 0 spiro atoms. The van der Waals surface area contributed by atoms with E-state index in [1.807, 2.05) is 18.2 Å². The molecule has 0 atom stereocenters. The van der Waals surface area contributed by atoms with Gasteiger partial charge in [-0.15, -0.1) is 0 Å². The Hall–Kier alpha value is -1.64. The summed E-state index contributed by atoms with van der Waals surface area (Å²) in [5, 5.41) is 0. The molecule has 0 bridgehead atoms. The Bertz CT molecular complexity index is 528. The van der Waals surface area contributed by atoms with Crippen LogP contribution in [0.25, 0.3) is 0 Å². The van der Waals surface area contributed by atoms with Gasteiger partial charge in [-0.25, -0.2) is 4.39 Å². The van der Waals surface area contributed by atoms with E-state index in [1.165, 1.54) is 6.07 Å². The van der Waals surface area contributed by atoms with Crippen LogP contribution < -0.4 is 5.73 Å². The second-order valence-corrected chi connectivity index (χ2v) is 5.42. The van der Waals surface area contributed by atoms with Crippen LogP contribution in [0.1, 0.15) is 45.1 Å². The second-order valence-electron chi connectivity index (χ2n) is 5.42. The molecule has 3 heteroatoms. The molecule has 1 aliphatic rings. The predicted molar refractivity (Wildman–Crippen MR) is 82.8 cm³/mol. The van der Waals surface area contributed by atoms with Crippen molar-refractivity contribution in [3.05, 3.63) is 41.4 Å². The van der Waals surface area contributed by atoms with Gasteiger partial charge in [0.05, 0.1) is 5.69 Å². The summed E-state index contributed by atoms with van der Waals surface area (Å²) in [5.41, 5.74) is 9.30. The molecule has 2 rings (SSSR count). The molecule has 0 heterocycles. The molecule has 2 nitrogen and oxygen atoms in total. The van der Waals surface area contributed by atoms with Gasteiger partial charge in [0, 0.05) is 17.3 Å². The zero-order chi connectivity index (χ0) is 14.5. The van der Waals surface area contributed by atoms with Gasteiger partial charge in [-0.1, -0.05) is 26.3 Å². The lowest BCUT2D eigenvalue weighted by Crippen LogP contribution is -2.04. The molecule has 1 fully saturated rings. The highest BCUT2D eigenvalue weighted by molar-refractivity contribution is 6.00. The summed E-state index contributed by atoms with van der Waals surface area (Å²) >= 11 is 0. The zero-order valence-corrected chi connectivity index (χ0v) is 12.3. The van der Waals surface area contributed by atoms with E-state index in [2.05, 4.69) is 18.8 Å². The highest BCUT2D eigenvalue weighted by Crippen LogP contribution is 2.33. The van der Waals surface area contributed by atoms with Crippen molar-refractivity contribution in [3.63, 3.8) is 0 Å². The highest BCUT2D eigenvalue weighted by atomic mass is 19.1. The van der Waals surface area contributed by atoms with Gasteiger partial charge >= 0.3 is 0 Å². The molecule has 1 saturated carbocycles. The molecular formula is C17H23FN2. The quantitative estimate of drug-likeness (QED) is 0.761. The molecule has 108 valence electrons. The highest BCUT2D eigenvalue weighted by Gasteiger charge is 2.26. The van der Waals surface area contributed by atoms with E-state index in [0.717, 1.165) is 49.1 Å². The lowest BCUT2D eigenvalue weighted by Gasteiger charge is -2.05. The topological polar surface area (TPSA) is 38.4 Å². The zero-order valence-electron chi connectivity index (χ0n) is 12.3. The molecule has 0 amide bonds. The minimum Gasteiger partial charge on any atom is -0.402 e. The summed E-state index contributed by atoms with van der Waals surface area (Å²) in [7, 11) is 0. The van der Waals surface area contributed by atoms with Crippen LogP contribution >= 0.6 is 0 Å². The van der Waals surface area contributed by atoms with Crippen LogP contribution in [0.2, 0.25) is 0 Å². The van der Waals surface area contributed by atoms with E-state index in [1.54, 1.807) is 0 Å². The maximum Gasteiger partial charge on any atom is 0.148 e. The van der Waals surface area contributed by atoms with Gasteiger partial charge in [0.2, 0.25) is 0 Å². The molecule has 1 aromatic rings. The van der Waals surface area contributed by atoms with Crippen molar-refractivity contribution in [1.82, 2.24) is 0 Å². The molecule has 0 radical (unpaired) electrons. The van der Waals surface area contributed by atoms with Crippen molar-refractivity contribution in [2.75, 3.05) is 0 Å². The van der Waals surface area contributed by atoms with Crippen LogP contribution in [-0.4, -0.2) is 5.71 Å². The van der Waals surface area contributed by atoms with Gasteiger partial charge in [0.25, 0.3) is 0 Å². The minimum atomic E-state index is -0.261. The smallest absolute Gasteiger partial charge is 0.148 e. The third kappa shape index (κ3) is 3.92. The number of allylic oxidation sites excluding steroid dienone is 2. The van der Waals surface area contributed by atoms with Gasteiger partial charge in [-0.05, 0) is 49.5 Å². The second kappa shape index (κ2) is 6.69. The van der Waals surface area contributed by atoms with Gasteiger partial charge < -0.3 is 5.73 Å². The van der Waals surface area contributed by atoms with Gasteiger partial charge in [-0.2, -0.15) is 0 Å². The molecule has 0 unspecified atom stereocenters. The van der Waals surface area contributed by atoms with E-state index in [0.29, 0.717) is 11.6 Å². The van der Waals surface area contributed by atoms with E-state index in [4.69, 9.17) is 5.73 Å². The summed E-state index contributed by atoms with van der Waals surface area (Å²) in [4.78, 5) is 4.54. The number of hydrogen-bond donors (Lipinski definition) is 1. The first-order valence-electron chi connectivity index (χ1n) is 7.47. The molecule has 0 saturated heterocycles. The normalized spacial score (nSPS) is 16.6. The van der Waals surface area contributed by atoms with Crippen molar-refractivity contribution >= 4 is 11.4 Å². The van der Waals surface area contributed by atoms with Crippen LogP contribution in [0.3, 0.4) is 0 Å². The Morgan fingerprint density at radius 3 is 2.75 bits per heavy atom. The van der Waals surface area contributed by atoms with Crippen molar-refractivity contribution < 1.29 is 4.39 Å². The maximum atomic E-state index is 13.9. The average Bonchev–Trinajstić information content (AvgIpc) is 3.25. The number of aryl methyl sites for hydroxylation is 1. The van der Waals surface area contributed by atoms with E-state index < -0.39 is 0 Å². The number of halogens is 1. The molecule has 1 aliphatic carbocycles. The first-order valence-corrected chi connectivity index (χ1v) is 7.47.